The highest BCUT2D eigenvalue weighted by molar-refractivity contribution is 7.11. The van der Waals surface area contributed by atoms with Gasteiger partial charge in [0.15, 0.2) is 0 Å². The van der Waals surface area contributed by atoms with E-state index in [0.717, 1.165) is 22.0 Å². The monoisotopic (exact) mass is 363 g/mol. The predicted molar refractivity (Wildman–Crippen MR) is 95.5 cm³/mol. The van der Waals surface area contributed by atoms with Gasteiger partial charge in [0.2, 0.25) is 0 Å². The van der Waals surface area contributed by atoms with Crippen molar-refractivity contribution in [3.05, 3.63) is 45.2 Å². The third kappa shape index (κ3) is 4.10. The van der Waals surface area contributed by atoms with Crippen LogP contribution in [0.25, 0.3) is 0 Å². The van der Waals surface area contributed by atoms with Crippen LogP contribution in [0, 0.1) is 19.7 Å². The number of nitrogens with zero attached hydrogens (tertiary/aromatic N) is 1. The fourth-order valence-electron chi connectivity index (χ4n) is 3.11. The summed E-state index contributed by atoms with van der Waals surface area (Å²) in [5.74, 6) is 0.298. The van der Waals surface area contributed by atoms with Gasteiger partial charge in [-0.2, -0.15) is 0 Å². The van der Waals surface area contributed by atoms with Crippen LogP contribution in [-0.2, 0) is 0 Å². The Morgan fingerprint density at radius 2 is 2.24 bits per heavy atom. The number of halogens is 1. The van der Waals surface area contributed by atoms with Gasteiger partial charge in [-0.3, -0.25) is 0 Å². The van der Waals surface area contributed by atoms with Crippen molar-refractivity contribution >= 4 is 17.4 Å². The van der Waals surface area contributed by atoms with Crippen LogP contribution in [0.4, 0.5) is 9.18 Å². The Hall–Kier alpha value is -2.15. The molecule has 3 rings (SSSR count). The zero-order valence-electron chi connectivity index (χ0n) is 14.6. The molecule has 2 heterocycles. The Balaban J connectivity index is 1.70. The fourth-order valence-corrected chi connectivity index (χ4v) is 4.04. The van der Waals surface area contributed by atoms with Crippen molar-refractivity contribution in [1.82, 2.24) is 15.6 Å². The van der Waals surface area contributed by atoms with E-state index < -0.39 is 0 Å². The highest BCUT2D eigenvalue weighted by Gasteiger charge is 2.23. The van der Waals surface area contributed by atoms with E-state index in [-0.39, 0.29) is 23.9 Å². The molecular weight excluding hydrogens is 341 g/mol. The highest BCUT2D eigenvalue weighted by Crippen LogP contribution is 2.32. The average Bonchev–Trinajstić information content (AvgIpc) is 2.77. The smallest absolute Gasteiger partial charge is 0.315 e. The van der Waals surface area contributed by atoms with Crippen LogP contribution in [0.3, 0.4) is 0 Å². The van der Waals surface area contributed by atoms with Gasteiger partial charge in [0, 0.05) is 10.4 Å². The number of hydrogen-bond acceptors (Lipinski definition) is 4. The van der Waals surface area contributed by atoms with Gasteiger partial charge in [-0.15, -0.1) is 11.3 Å². The van der Waals surface area contributed by atoms with Crippen molar-refractivity contribution in [1.29, 1.82) is 0 Å². The van der Waals surface area contributed by atoms with Crippen LogP contribution in [0.5, 0.6) is 5.75 Å². The fraction of sp³-hybridized carbons (Fsp3) is 0.444. The number of carbonyl (C=O) groups excluding carboxylic acids is 1. The van der Waals surface area contributed by atoms with Gasteiger partial charge in [0.1, 0.15) is 11.6 Å². The molecule has 1 aliphatic heterocycles. The lowest BCUT2D eigenvalue weighted by Crippen LogP contribution is -2.39. The van der Waals surface area contributed by atoms with Crippen LogP contribution in [-0.4, -0.2) is 17.6 Å². The quantitative estimate of drug-likeness (QED) is 0.860. The molecule has 0 unspecified atom stereocenters. The Morgan fingerprint density at radius 3 is 2.96 bits per heavy atom. The largest absolute Gasteiger partial charge is 0.493 e. The molecule has 2 N–H and O–H groups in total. The summed E-state index contributed by atoms with van der Waals surface area (Å²) in [6, 6.07) is 3.74. The summed E-state index contributed by atoms with van der Waals surface area (Å²) < 4.78 is 19.3. The molecule has 0 aliphatic carbocycles. The first-order valence-corrected chi connectivity index (χ1v) is 9.19. The number of carbonyl (C=O) groups is 1. The van der Waals surface area contributed by atoms with Crippen molar-refractivity contribution in [2.24, 2.45) is 0 Å². The topological polar surface area (TPSA) is 63.2 Å². The molecule has 25 heavy (non-hydrogen) atoms. The summed E-state index contributed by atoms with van der Waals surface area (Å²) in [5, 5.41) is 6.88. The minimum atomic E-state index is -0.333. The third-order valence-corrected chi connectivity index (χ3v) is 5.48. The second-order valence-corrected chi connectivity index (χ2v) is 7.48. The number of hydrogen-bond donors (Lipinski definition) is 2. The summed E-state index contributed by atoms with van der Waals surface area (Å²) in [7, 11) is 0. The number of fused-ring (bicyclic) bond motifs is 1. The highest BCUT2D eigenvalue weighted by atomic mass is 32.1. The molecule has 0 saturated carbocycles. The van der Waals surface area contributed by atoms with Crippen molar-refractivity contribution < 1.29 is 13.9 Å². The minimum Gasteiger partial charge on any atom is -0.493 e. The van der Waals surface area contributed by atoms with E-state index in [1.807, 2.05) is 20.8 Å². The van der Waals surface area contributed by atoms with Crippen molar-refractivity contribution in [2.75, 3.05) is 6.61 Å². The van der Waals surface area contributed by atoms with Gasteiger partial charge < -0.3 is 15.4 Å². The molecule has 1 aromatic heterocycles. The molecule has 1 aromatic carbocycles. The molecule has 0 saturated heterocycles. The molecule has 0 bridgehead atoms. The zero-order valence-corrected chi connectivity index (χ0v) is 15.4. The second-order valence-electron chi connectivity index (χ2n) is 6.25. The lowest BCUT2D eigenvalue weighted by atomic mass is 10.0. The number of thiazole rings is 1. The number of aryl methyl sites for hydroxylation is 2. The Morgan fingerprint density at radius 1 is 1.44 bits per heavy atom. The second kappa shape index (κ2) is 7.39. The molecular formula is C18H22FN3O2S. The van der Waals surface area contributed by atoms with Crippen LogP contribution in [0.2, 0.25) is 0 Å². The molecule has 1 aliphatic rings. The summed E-state index contributed by atoms with van der Waals surface area (Å²) in [4.78, 5) is 17.9. The summed E-state index contributed by atoms with van der Waals surface area (Å²) in [5.41, 5.74) is 1.62. The molecule has 2 amide bonds. The number of ether oxygens (including phenoxy) is 1. The number of urea groups is 1. The zero-order chi connectivity index (χ0) is 18.0. The van der Waals surface area contributed by atoms with Crippen LogP contribution in [0.15, 0.2) is 18.2 Å². The molecule has 2 aromatic rings. The normalized spacial score (nSPS) is 17.8. The van der Waals surface area contributed by atoms with E-state index in [9.17, 15) is 9.18 Å². The lowest BCUT2D eigenvalue weighted by molar-refractivity contribution is 0.233. The maximum absolute atomic E-state index is 13.6. The molecule has 0 fully saturated rings. The van der Waals surface area contributed by atoms with Crippen molar-refractivity contribution in [3.63, 3.8) is 0 Å². The van der Waals surface area contributed by atoms with E-state index in [2.05, 4.69) is 15.6 Å². The lowest BCUT2D eigenvalue weighted by Gasteiger charge is -2.21. The Bertz CT molecular complexity index is 778. The molecule has 134 valence electrons. The summed E-state index contributed by atoms with van der Waals surface area (Å²) in [6.45, 7) is 6.39. The first-order chi connectivity index (χ1) is 11.9. The summed E-state index contributed by atoms with van der Waals surface area (Å²) in [6.07, 6.45) is 1.50. The maximum Gasteiger partial charge on any atom is 0.315 e. The molecule has 5 nitrogen and oxygen atoms in total. The number of amides is 2. The first-order valence-electron chi connectivity index (χ1n) is 8.37. The van der Waals surface area contributed by atoms with Gasteiger partial charge in [-0.05, 0) is 51.8 Å². The van der Waals surface area contributed by atoms with Crippen LogP contribution in [0.1, 0.15) is 53.0 Å². The predicted octanol–water partition coefficient (Wildman–Crippen LogP) is 4.17. The first kappa shape index (κ1) is 17.7. The van der Waals surface area contributed by atoms with Crippen LogP contribution < -0.4 is 15.4 Å². The molecule has 0 spiro atoms. The van der Waals surface area contributed by atoms with Gasteiger partial charge in [-0.25, -0.2) is 14.2 Å². The number of aromatic nitrogens is 1. The van der Waals surface area contributed by atoms with E-state index in [1.165, 1.54) is 12.1 Å². The standard InChI is InChI=1S/C18H22FN3O2S/c1-10-17(25-12(3)20-10)11(2)21-18(23)22-15-5-4-8-24-16-7-6-13(19)9-14(15)16/h6-7,9,11,15H,4-5,8H2,1-3H3,(H2,21,22,23)/t11-,15+/m1/s1. The van der Waals surface area contributed by atoms with Crippen molar-refractivity contribution in [2.45, 2.75) is 45.7 Å². The van der Waals surface area contributed by atoms with Crippen LogP contribution >= 0.6 is 11.3 Å². The minimum absolute atomic E-state index is 0.139. The van der Waals surface area contributed by atoms with E-state index in [1.54, 1.807) is 17.4 Å². The number of benzene rings is 1. The van der Waals surface area contributed by atoms with Crippen molar-refractivity contribution in [3.8, 4) is 5.75 Å². The van der Waals surface area contributed by atoms with Gasteiger partial charge in [-0.1, -0.05) is 0 Å². The number of rotatable bonds is 3. The Labute approximate surface area is 150 Å². The van der Waals surface area contributed by atoms with Gasteiger partial charge >= 0.3 is 6.03 Å². The van der Waals surface area contributed by atoms with E-state index in [0.29, 0.717) is 24.3 Å². The molecule has 7 heteroatoms. The molecule has 0 radical (unpaired) electrons. The average molecular weight is 363 g/mol. The third-order valence-electron chi connectivity index (χ3n) is 4.23. The van der Waals surface area contributed by atoms with E-state index >= 15 is 0 Å². The molecule has 2 atom stereocenters. The van der Waals surface area contributed by atoms with Gasteiger partial charge in [0.25, 0.3) is 0 Å². The SMILES string of the molecule is Cc1nc(C)c([C@@H](C)NC(=O)N[C@H]2CCCOc3ccc(F)cc32)s1. The maximum atomic E-state index is 13.6. The number of nitrogens with one attached hydrogen (secondary N) is 2. The van der Waals surface area contributed by atoms with E-state index in [4.69, 9.17) is 4.74 Å². The van der Waals surface area contributed by atoms with Gasteiger partial charge in [0.05, 0.1) is 29.4 Å². The Kier molecular flexibility index (Phi) is 5.22. The summed E-state index contributed by atoms with van der Waals surface area (Å²) >= 11 is 1.58.